The van der Waals surface area contributed by atoms with E-state index in [2.05, 4.69) is 31.0 Å². The Labute approximate surface area is 105 Å². The van der Waals surface area contributed by atoms with Crippen LogP contribution in [0, 0.1) is 11.8 Å². The van der Waals surface area contributed by atoms with Crippen LogP contribution < -0.4 is 5.32 Å². The minimum Gasteiger partial charge on any atom is -0.326 e. The molecule has 1 amide bonds. The first kappa shape index (κ1) is 12.9. The van der Waals surface area contributed by atoms with E-state index in [9.17, 15) is 4.79 Å². The van der Waals surface area contributed by atoms with E-state index >= 15 is 0 Å². The summed E-state index contributed by atoms with van der Waals surface area (Å²) < 4.78 is 0. The molecule has 0 radical (unpaired) electrons. The van der Waals surface area contributed by atoms with Gasteiger partial charge in [-0.3, -0.25) is 10.1 Å². The summed E-state index contributed by atoms with van der Waals surface area (Å²) in [5.41, 5.74) is 0. The predicted octanol–water partition coefficient (Wildman–Crippen LogP) is 2.37. The van der Waals surface area contributed by atoms with Gasteiger partial charge in [0.25, 0.3) is 0 Å². The van der Waals surface area contributed by atoms with Crippen LogP contribution in [0.1, 0.15) is 52.9 Å². The van der Waals surface area contributed by atoms with Gasteiger partial charge in [0.05, 0.1) is 12.7 Å². The number of carbonyl (C=O) groups is 1. The SMILES string of the molecule is CC(C)CC1NCN(C(C)C2CCCC2)C1=O. The van der Waals surface area contributed by atoms with Gasteiger partial charge in [-0.25, -0.2) is 0 Å². The van der Waals surface area contributed by atoms with Gasteiger partial charge < -0.3 is 4.90 Å². The lowest BCUT2D eigenvalue weighted by Gasteiger charge is -2.29. The highest BCUT2D eigenvalue weighted by Crippen LogP contribution is 2.31. The molecule has 2 aliphatic rings. The number of nitrogens with one attached hydrogen (secondary N) is 1. The number of nitrogens with zero attached hydrogens (tertiary/aromatic N) is 1. The molecule has 17 heavy (non-hydrogen) atoms. The van der Waals surface area contributed by atoms with Crippen molar-refractivity contribution in [2.45, 2.75) is 65.0 Å². The van der Waals surface area contributed by atoms with Crippen LogP contribution in [0.25, 0.3) is 0 Å². The second-order valence-electron chi connectivity index (χ2n) is 6.14. The molecular weight excluding hydrogens is 212 g/mol. The van der Waals surface area contributed by atoms with Gasteiger partial charge in [-0.05, 0) is 38.0 Å². The Balaban J connectivity index is 1.92. The van der Waals surface area contributed by atoms with E-state index in [1.165, 1.54) is 25.7 Å². The van der Waals surface area contributed by atoms with E-state index in [0.29, 0.717) is 17.9 Å². The zero-order chi connectivity index (χ0) is 12.4. The fourth-order valence-corrected chi connectivity index (χ4v) is 3.27. The molecule has 0 bridgehead atoms. The largest absolute Gasteiger partial charge is 0.326 e. The average Bonchev–Trinajstić information content (AvgIpc) is 2.88. The zero-order valence-corrected chi connectivity index (χ0v) is 11.4. The summed E-state index contributed by atoms with van der Waals surface area (Å²) in [6.45, 7) is 7.34. The Morgan fingerprint density at radius 3 is 2.53 bits per heavy atom. The first-order chi connectivity index (χ1) is 8.09. The molecule has 1 saturated heterocycles. The van der Waals surface area contributed by atoms with E-state index in [-0.39, 0.29) is 6.04 Å². The number of rotatable bonds is 4. The van der Waals surface area contributed by atoms with Gasteiger partial charge in [0.2, 0.25) is 5.91 Å². The van der Waals surface area contributed by atoms with Crippen molar-refractivity contribution in [3.05, 3.63) is 0 Å². The van der Waals surface area contributed by atoms with E-state index in [1.807, 2.05) is 0 Å². The third-order valence-electron chi connectivity index (χ3n) is 4.37. The fraction of sp³-hybridized carbons (Fsp3) is 0.929. The van der Waals surface area contributed by atoms with Gasteiger partial charge in [0.1, 0.15) is 0 Å². The van der Waals surface area contributed by atoms with Gasteiger partial charge in [0, 0.05) is 6.04 Å². The van der Waals surface area contributed by atoms with Gasteiger partial charge in [0.15, 0.2) is 0 Å². The normalized spacial score (nSPS) is 28.4. The Kier molecular flexibility index (Phi) is 4.08. The molecule has 1 heterocycles. The standard InChI is InChI=1S/C14H26N2O/c1-10(2)8-13-14(17)16(9-15-13)11(3)12-6-4-5-7-12/h10-13,15H,4-9H2,1-3H3. The van der Waals surface area contributed by atoms with Crippen LogP contribution in [-0.2, 0) is 4.79 Å². The maximum atomic E-state index is 12.3. The van der Waals surface area contributed by atoms with Crippen molar-refractivity contribution < 1.29 is 4.79 Å². The second kappa shape index (κ2) is 5.38. The molecule has 2 rings (SSSR count). The maximum Gasteiger partial charge on any atom is 0.241 e. The van der Waals surface area contributed by atoms with Crippen molar-refractivity contribution in [3.63, 3.8) is 0 Å². The number of carbonyl (C=O) groups excluding carboxylic acids is 1. The van der Waals surface area contributed by atoms with Gasteiger partial charge in [-0.15, -0.1) is 0 Å². The highest BCUT2D eigenvalue weighted by atomic mass is 16.2. The molecule has 98 valence electrons. The summed E-state index contributed by atoms with van der Waals surface area (Å²) in [4.78, 5) is 14.4. The summed E-state index contributed by atoms with van der Waals surface area (Å²) in [6.07, 6.45) is 6.27. The van der Waals surface area contributed by atoms with Crippen LogP contribution in [0.3, 0.4) is 0 Å². The smallest absolute Gasteiger partial charge is 0.241 e. The predicted molar refractivity (Wildman–Crippen MR) is 69.5 cm³/mol. The van der Waals surface area contributed by atoms with E-state index in [4.69, 9.17) is 0 Å². The van der Waals surface area contributed by atoms with Gasteiger partial charge >= 0.3 is 0 Å². The van der Waals surface area contributed by atoms with E-state index in [0.717, 1.165) is 19.0 Å². The quantitative estimate of drug-likeness (QED) is 0.815. The van der Waals surface area contributed by atoms with E-state index in [1.54, 1.807) is 0 Å². The molecule has 1 aliphatic heterocycles. The highest BCUT2D eigenvalue weighted by Gasteiger charge is 2.37. The molecule has 0 aromatic rings. The van der Waals surface area contributed by atoms with Crippen LogP contribution in [0.5, 0.6) is 0 Å². The van der Waals surface area contributed by atoms with Crippen molar-refractivity contribution >= 4 is 5.91 Å². The Hall–Kier alpha value is -0.570. The third kappa shape index (κ3) is 2.82. The Bertz CT molecular complexity index is 271. The van der Waals surface area contributed by atoms with E-state index < -0.39 is 0 Å². The summed E-state index contributed by atoms with van der Waals surface area (Å²) in [6, 6.07) is 0.494. The summed E-state index contributed by atoms with van der Waals surface area (Å²) in [7, 11) is 0. The third-order valence-corrected chi connectivity index (χ3v) is 4.37. The van der Waals surface area contributed by atoms with Crippen LogP contribution in [0.15, 0.2) is 0 Å². The highest BCUT2D eigenvalue weighted by molar-refractivity contribution is 5.84. The molecule has 2 unspecified atom stereocenters. The van der Waals surface area contributed by atoms with Crippen molar-refractivity contribution in [1.29, 1.82) is 0 Å². The topological polar surface area (TPSA) is 32.3 Å². The molecule has 0 aromatic carbocycles. The lowest BCUT2D eigenvalue weighted by Crippen LogP contribution is -2.40. The van der Waals surface area contributed by atoms with Crippen LogP contribution in [0.4, 0.5) is 0 Å². The Morgan fingerprint density at radius 2 is 1.94 bits per heavy atom. The molecule has 1 N–H and O–H groups in total. The first-order valence-electron chi connectivity index (χ1n) is 7.13. The number of hydrogen-bond acceptors (Lipinski definition) is 2. The van der Waals surface area contributed by atoms with Gasteiger partial charge in [-0.1, -0.05) is 26.7 Å². The summed E-state index contributed by atoms with van der Waals surface area (Å²) in [5.74, 6) is 1.65. The van der Waals surface area contributed by atoms with Crippen LogP contribution in [0.2, 0.25) is 0 Å². The molecule has 3 nitrogen and oxygen atoms in total. The first-order valence-corrected chi connectivity index (χ1v) is 7.13. The zero-order valence-electron chi connectivity index (χ0n) is 11.4. The molecule has 2 fully saturated rings. The van der Waals surface area contributed by atoms with Crippen LogP contribution in [-0.4, -0.2) is 29.6 Å². The van der Waals surface area contributed by atoms with Crippen molar-refractivity contribution in [2.24, 2.45) is 11.8 Å². The molecule has 2 atom stereocenters. The molecule has 0 aromatic heterocycles. The number of hydrogen-bond donors (Lipinski definition) is 1. The molecular formula is C14H26N2O. The number of amides is 1. The maximum absolute atomic E-state index is 12.3. The lowest BCUT2D eigenvalue weighted by molar-refractivity contribution is -0.131. The average molecular weight is 238 g/mol. The summed E-state index contributed by atoms with van der Waals surface area (Å²) >= 11 is 0. The Morgan fingerprint density at radius 1 is 1.29 bits per heavy atom. The molecule has 3 heteroatoms. The molecule has 1 aliphatic carbocycles. The van der Waals surface area contributed by atoms with Crippen molar-refractivity contribution in [3.8, 4) is 0 Å². The monoisotopic (exact) mass is 238 g/mol. The lowest BCUT2D eigenvalue weighted by atomic mass is 9.97. The fourth-order valence-electron chi connectivity index (χ4n) is 3.27. The minimum absolute atomic E-state index is 0.0684. The van der Waals surface area contributed by atoms with Crippen molar-refractivity contribution in [1.82, 2.24) is 10.2 Å². The van der Waals surface area contributed by atoms with Crippen LogP contribution >= 0.6 is 0 Å². The molecule has 0 spiro atoms. The minimum atomic E-state index is 0.0684. The van der Waals surface area contributed by atoms with Gasteiger partial charge in [-0.2, -0.15) is 0 Å². The second-order valence-corrected chi connectivity index (χ2v) is 6.14. The molecule has 1 saturated carbocycles. The summed E-state index contributed by atoms with van der Waals surface area (Å²) in [5, 5.41) is 3.37. The van der Waals surface area contributed by atoms with Crippen molar-refractivity contribution in [2.75, 3.05) is 6.67 Å².